The van der Waals surface area contributed by atoms with Crippen LogP contribution in [0.1, 0.15) is 30.0 Å². The van der Waals surface area contributed by atoms with Gasteiger partial charge in [0.05, 0.1) is 11.4 Å². The lowest BCUT2D eigenvalue weighted by molar-refractivity contribution is 0.475. The van der Waals surface area contributed by atoms with Gasteiger partial charge in [0, 0.05) is 19.3 Å². The summed E-state index contributed by atoms with van der Waals surface area (Å²) in [6, 6.07) is 12.6. The van der Waals surface area contributed by atoms with E-state index in [4.69, 9.17) is 0 Å². The maximum atomic E-state index is 11.7. The average Bonchev–Trinajstić information content (AvgIpc) is 2.63. The number of benzene rings is 2. The summed E-state index contributed by atoms with van der Waals surface area (Å²) in [5.41, 5.74) is 2.89. The Balaban J connectivity index is 1.91. The molecule has 0 saturated carbocycles. The SMILES string of the molecule is CCNC(=NCc1ccc(S(C)(=O)=O)c(C)c1)NCCCc1ccc(O)cc1. The minimum atomic E-state index is -3.20. The molecule has 0 fully saturated rings. The van der Waals surface area contributed by atoms with Gasteiger partial charge in [0.25, 0.3) is 0 Å². The molecule has 0 aromatic heterocycles. The quantitative estimate of drug-likeness (QED) is 0.358. The van der Waals surface area contributed by atoms with Crippen LogP contribution in [0.3, 0.4) is 0 Å². The van der Waals surface area contributed by atoms with E-state index in [0.29, 0.717) is 11.4 Å². The Morgan fingerprint density at radius 2 is 1.75 bits per heavy atom. The Morgan fingerprint density at radius 3 is 2.36 bits per heavy atom. The third kappa shape index (κ3) is 6.88. The van der Waals surface area contributed by atoms with Gasteiger partial charge in [0.1, 0.15) is 5.75 Å². The molecule has 0 saturated heterocycles. The molecular formula is C21H29N3O3S. The minimum Gasteiger partial charge on any atom is -0.508 e. The van der Waals surface area contributed by atoms with Gasteiger partial charge in [-0.1, -0.05) is 24.3 Å². The maximum absolute atomic E-state index is 11.7. The largest absolute Gasteiger partial charge is 0.508 e. The number of nitrogens with one attached hydrogen (secondary N) is 2. The van der Waals surface area contributed by atoms with Crippen LogP contribution in [-0.2, 0) is 22.8 Å². The molecule has 2 aromatic rings. The molecule has 0 atom stereocenters. The van der Waals surface area contributed by atoms with Gasteiger partial charge in [-0.15, -0.1) is 0 Å². The molecule has 0 spiro atoms. The maximum Gasteiger partial charge on any atom is 0.191 e. The summed E-state index contributed by atoms with van der Waals surface area (Å²) in [7, 11) is -3.20. The Morgan fingerprint density at radius 1 is 1.07 bits per heavy atom. The minimum absolute atomic E-state index is 0.281. The normalized spacial score (nSPS) is 12.0. The Kier molecular flexibility index (Phi) is 7.87. The van der Waals surface area contributed by atoms with E-state index < -0.39 is 9.84 Å². The average molecular weight is 404 g/mol. The number of rotatable bonds is 8. The van der Waals surface area contributed by atoms with Crippen LogP contribution in [0.15, 0.2) is 52.4 Å². The van der Waals surface area contributed by atoms with Crippen LogP contribution in [-0.4, -0.2) is 38.8 Å². The van der Waals surface area contributed by atoms with E-state index in [-0.39, 0.29) is 5.75 Å². The summed E-state index contributed by atoms with van der Waals surface area (Å²) in [5.74, 6) is 1.02. The summed E-state index contributed by atoms with van der Waals surface area (Å²) < 4.78 is 23.4. The number of aromatic hydroxyl groups is 1. The highest BCUT2D eigenvalue weighted by atomic mass is 32.2. The lowest BCUT2D eigenvalue weighted by Crippen LogP contribution is -2.37. The first-order valence-corrected chi connectivity index (χ1v) is 11.3. The zero-order valence-corrected chi connectivity index (χ0v) is 17.5. The van der Waals surface area contributed by atoms with E-state index in [1.54, 1.807) is 31.2 Å². The second kappa shape index (κ2) is 10.1. The zero-order chi connectivity index (χ0) is 20.6. The van der Waals surface area contributed by atoms with Crippen LogP contribution in [0, 0.1) is 6.92 Å². The Bertz CT molecular complexity index is 907. The summed E-state index contributed by atoms with van der Waals surface area (Å²) in [4.78, 5) is 4.95. The molecule has 0 bridgehead atoms. The van der Waals surface area contributed by atoms with Crippen LogP contribution >= 0.6 is 0 Å². The number of phenols is 1. The Labute approximate surface area is 167 Å². The number of guanidine groups is 1. The second-order valence-corrected chi connectivity index (χ2v) is 8.75. The first-order chi connectivity index (χ1) is 13.3. The third-order valence-corrected chi connectivity index (χ3v) is 5.53. The smallest absolute Gasteiger partial charge is 0.191 e. The van der Waals surface area contributed by atoms with E-state index in [9.17, 15) is 13.5 Å². The molecular weight excluding hydrogens is 374 g/mol. The number of sulfone groups is 1. The summed E-state index contributed by atoms with van der Waals surface area (Å²) in [6.07, 6.45) is 3.08. The van der Waals surface area contributed by atoms with Crippen LogP contribution in [0.4, 0.5) is 0 Å². The molecule has 0 aliphatic carbocycles. The van der Waals surface area contributed by atoms with Crippen LogP contribution in [0.2, 0.25) is 0 Å². The van der Waals surface area contributed by atoms with Crippen molar-refractivity contribution < 1.29 is 13.5 Å². The molecule has 0 amide bonds. The van der Waals surface area contributed by atoms with E-state index in [0.717, 1.165) is 43.0 Å². The van der Waals surface area contributed by atoms with Gasteiger partial charge in [-0.2, -0.15) is 0 Å². The van der Waals surface area contributed by atoms with Crippen molar-refractivity contribution in [3.63, 3.8) is 0 Å². The molecule has 0 heterocycles. The number of nitrogens with zero attached hydrogens (tertiary/aromatic N) is 1. The standard InChI is InChI=1S/C21H29N3O3S/c1-4-22-21(23-13-5-6-17-7-10-19(25)11-8-17)24-15-18-9-12-20(16(2)14-18)28(3,26)27/h7-12,14,25H,4-6,13,15H2,1-3H3,(H2,22,23,24). The van der Waals surface area contributed by atoms with Crippen molar-refractivity contribution in [3.05, 3.63) is 59.2 Å². The van der Waals surface area contributed by atoms with Crippen molar-refractivity contribution >= 4 is 15.8 Å². The van der Waals surface area contributed by atoms with E-state index in [1.165, 1.54) is 11.8 Å². The van der Waals surface area contributed by atoms with Crippen LogP contribution in [0.25, 0.3) is 0 Å². The first kappa shape index (κ1) is 21.8. The van der Waals surface area contributed by atoms with E-state index >= 15 is 0 Å². The number of aryl methyl sites for hydroxylation is 2. The van der Waals surface area contributed by atoms with Crippen LogP contribution < -0.4 is 10.6 Å². The monoisotopic (exact) mass is 403 g/mol. The van der Waals surface area contributed by atoms with Crippen molar-refractivity contribution in [1.82, 2.24) is 10.6 Å². The predicted molar refractivity (Wildman–Crippen MR) is 114 cm³/mol. The summed E-state index contributed by atoms with van der Waals surface area (Å²) in [5, 5.41) is 15.9. The molecule has 0 aliphatic heterocycles. The van der Waals surface area contributed by atoms with Crippen molar-refractivity contribution in [2.45, 2.75) is 38.1 Å². The van der Waals surface area contributed by atoms with Crippen molar-refractivity contribution in [2.24, 2.45) is 4.99 Å². The summed E-state index contributed by atoms with van der Waals surface area (Å²) in [6.45, 7) is 5.82. The molecule has 28 heavy (non-hydrogen) atoms. The summed E-state index contributed by atoms with van der Waals surface area (Å²) >= 11 is 0. The fourth-order valence-corrected chi connectivity index (χ4v) is 3.86. The van der Waals surface area contributed by atoms with E-state index in [1.807, 2.05) is 25.1 Å². The first-order valence-electron chi connectivity index (χ1n) is 9.39. The highest BCUT2D eigenvalue weighted by Gasteiger charge is 2.10. The van der Waals surface area contributed by atoms with Crippen molar-refractivity contribution in [2.75, 3.05) is 19.3 Å². The molecule has 7 heteroatoms. The number of phenolic OH excluding ortho intramolecular Hbond substituents is 1. The molecule has 0 unspecified atom stereocenters. The molecule has 0 radical (unpaired) electrons. The van der Waals surface area contributed by atoms with Gasteiger partial charge >= 0.3 is 0 Å². The molecule has 3 N–H and O–H groups in total. The van der Waals surface area contributed by atoms with Gasteiger partial charge in [-0.05, 0) is 61.6 Å². The molecule has 2 aromatic carbocycles. The molecule has 6 nitrogen and oxygen atoms in total. The van der Waals surface area contributed by atoms with Crippen molar-refractivity contribution in [3.8, 4) is 5.75 Å². The molecule has 2 rings (SSSR count). The highest BCUT2D eigenvalue weighted by molar-refractivity contribution is 7.90. The van der Waals surface area contributed by atoms with Crippen molar-refractivity contribution in [1.29, 1.82) is 0 Å². The fourth-order valence-electron chi connectivity index (χ4n) is 2.90. The van der Waals surface area contributed by atoms with Gasteiger partial charge in [-0.25, -0.2) is 13.4 Å². The number of hydrogen-bond donors (Lipinski definition) is 3. The number of aliphatic imine (C=N–C) groups is 1. The lowest BCUT2D eigenvalue weighted by atomic mass is 10.1. The van der Waals surface area contributed by atoms with Gasteiger partial charge in [0.2, 0.25) is 0 Å². The van der Waals surface area contributed by atoms with Gasteiger partial charge in [-0.3, -0.25) is 0 Å². The van der Waals surface area contributed by atoms with E-state index in [2.05, 4.69) is 15.6 Å². The third-order valence-electron chi connectivity index (χ3n) is 4.27. The van der Waals surface area contributed by atoms with Gasteiger partial charge in [0.15, 0.2) is 15.8 Å². The topological polar surface area (TPSA) is 90.8 Å². The molecule has 152 valence electrons. The highest BCUT2D eigenvalue weighted by Crippen LogP contribution is 2.17. The Hall–Kier alpha value is -2.54. The second-order valence-electron chi connectivity index (χ2n) is 6.76. The lowest BCUT2D eigenvalue weighted by Gasteiger charge is -2.12. The van der Waals surface area contributed by atoms with Gasteiger partial charge < -0.3 is 15.7 Å². The zero-order valence-electron chi connectivity index (χ0n) is 16.7. The predicted octanol–water partition coefficient (Wildman–Crippen LogP) is 2.79. The molecule has 0 aliphatic rings. The number of hydrogen-bond acceptors (Lipinski definition) is 4. The fraction of sp³-hybridized carbons (Fsp3) is 0.381. The van der Waals surface area contributed by atoms with Crippen LogP contribution in [0.5, 0.6) is 5.75 Å².